The summed E-state index contributed by atoms with van der Waals surface area (Å²) in [6.07, 6.45) is 1.51. The molecule has 21 heavy (non-hydrogen) atoms. The summed E-state index contributed by atoms with van der Waals surface area (Å²) in [6, 6.07) is 7.27. The Labute approximate surface area is 125 Å². The molecule has 1 aromatic rings. The Balaban J connectivity index is 1.98. The van der Waals surface area contributed by atoms with Gasteiger partial charge >= 0.3 is 0 Å². The number of benzene rings is 1. The van der Waals surface area contributed by atoms with Gasteiger partial charge in [-0.15, -0.1) is 0 Å². The molecule has 0 spiro atoms. The predicted octanol–water partition coefficient (Wildman–Crippen LogP) is 0.629. The Bertz CT molecular complexity index is 625. The molecule has 0 radical (unpaired) electrons. The molecule has 1 aliphatic heterocycles. The van der Waals surface area contributed by atoms with Crippen LogP contribution in [0.5, 0.6) is 0 Å². The number of hydrogen-bond donors (Lipinski definition) is 2. The molecule has 1 fully saturated rings. The SMILES string of the molecule is O=S(=O)(CC1CCCO1)NCc1ccccc1C#CCO. The first-order chi connectivity index (χ1) is 10.1. The molecule has 2 rings (SSSR count). The highest BCUT2D eigenvalue weighted by Crippen LogP contribution is 2.14. The number of hydrogen-bond acceptors (Lipinski definition) is 4. The summed E-state index contributed by atoms with van der Waals surface area (Å²) in [6.45, 7) is 0.601. The van der Waals surface area contributed by atoms with Crippen molar-refractivity contribution in [3.8, 4) is 11.8 Å². The molecule has 0 amide bonds. The first kappa shape index (κ1) is 16.0. The fourth-order valence-electron chi connectivity index (χ4n) is 2.20. The van der Waals surface area contributed by atoms with E-state index in [1.54, 1.807) is 6.07 Å². The second-order valence-electron chi connectivity index (χ2n) is 4.85. The van der Waals surface area contributed by atoms with Gasteiger partial charge in [0.2, 0.25) is 10.0 Å². The van der Waals surface area contributed by atoms with Crippen molar-refractivity contribution in [2.45, 2.75) is 25.5 Å². The minimum absolute atomic E-state index is 0.00249. The van der Waals surface area contributed by atoms with E-state index in [0.29, 0.717) is 12.2 Å². The van der Waals surface area contributed by atoms with Gasteiger partial charge < -0.3 is 9.84 Å². The summed E-state index contributed by atoms with van der Waals surface area (Å²) >= 11 is 0. The first-order valence-corrected chi connectivity index (χ1v) is 8.52. The molecule has 6 heteroatoms. The first-order valence-electron chi connectivity index (χ1n) is 6.87. The number of sulfonamides is 1. The maximum atomic E-state index is 12.0. The monoisotopic (exact) mass is 309 g/mol. The minimum atomic E-state index is -3.37. The third-order valence-electron chi connectivity index (χ3n) is 3.23. The zero-order valence-corrected chi connectivity index (χ0v) is 12.5. The fraction of sp³-hybridized carbons (Fsp3) is 0.467. The largest absolute Gasteiger partial charge is 0.384 e. The van der Waals surface area contributed by atoms with Gasteiger partial charge in [-0.05, 0) is 24.5 Å². The molecule has 1 aromatic carbocycles. The minimum Gasteiger partial charge on any atom is -0.384 e. The lowest BCUT2D eigenvalue weighted by atomic mass is 10.1. The maximum absolute atomic E-state index is 12.0. The molecule has 0 saturated carbocycles. The zero-order chi connectivity index (χ0) is 15.1. The maximum Gasteiger partial charge on any atom is 0.214 e. The molecule has 1 aliphatic rings. The number of nitrogens with one attached hydrogen (secondary N) is 1. The third-order valence-corrected chi connectivity index (χ3v) is 4.63. The van der Waals surface area contributed by atoms with Crippen LogP contribution in [0, 0.1) is 11.8 Å². The van der Waals surface area contributed by atoms with Gasteiger partial charge in [0.05, 0.1) is 11.9 Å². The molecule has 5 nitrogen and oxygen atoms in total. The molecular formula is C15H19NO4S. The van der Waals surface area contributed by atoms with Crippen molar-refractivity contribution < 1.29 is 18.3 Å². The number of aliphatic hydroxyl groups is 1. The molecule has 1 atom stereocenters. The summed E-state index contributed by atoms with van der Waals surface area (Å²) in [5.41, 5.74) is 1.50. The summed E-state index contributed by atoms with van der Waals surface area (Å²) in [4.78, 5) is 0. The van der Waals surface area contributed by atoms with Gasteiger partial charge in [-0.25, -0.2) is 13.1 Å². The predicted molar refractivity (Wildman–Crippen MR) is 80.0 cm³/mol. The van der Waals surface area contributed by atoms with E-state index in [1.165, 1.54) is 0 Å². The van der Waals surface area contributed by atoms with Crippen LogP contribution < -0.4 is 4.72 Å². The summed E-state index contributed by atoms with van der Waals surface area (Å²) in [7, 11) is -3.37. The van der Waals surface area contributed by atoms with Crippen molar-refractivity contribution in [3.63, 3.8) is 0 Å². The Morgan fingerprint density at radius 3 is 2.90 bits per heavy atom. The second kappa shape index (κ2) is 7.57. The molecule has 2 N–H and O–H groups in total. The standard InChI is InChI=1S/C15H19NO4S/c17-9-3-7-13-5-1-2-6-14(13)11-16-21(18,19)12-15-8-4-10-20-15/h1-2,5-6,15-17H,4,8-12H2. The molecular weight excluding hydrogens is 290 g/mol. The smallest absolute Gasteiger partial charge is 0.214 e. The van der Waals surface area contributed by atoms with Crippen LogP contribution in [0.15, 0.2) is 24.3 Å². The van der Waals surface area contributed by atoms with E-state index in [0.717, 1.165) is 18.4 Å². The third kappa shape index (κ3) is 5.14. The van der Waals surface area contributed by atoms with E-state index < -0.39 is 10.0 Å². The van der Waals surface area contributed by atoms with Crippen LogP contribution in [0.3, 0.4) is 0 Å². The molecule has 1 saturated heterocycles. The molecule has 1 heterocycles. The average Bonchev–Trinajstić information content (AvgIpc) is 2.96. The average molecular weight is 309 g/mol. The molecule has 0 aromatic heterocycles. The van der Waals surface area contributed by atoms with Crippen molar-refractivity contribution in [2.75, 3.05) is 19.0 Å². The lowest BCUT2D eigenvalue weighted by molar-refractivity contribution is 0.127. The van der Waals surface area contributed by atoms with Crippen LogP contribution in [0.25, 0.3) is 0 Å². The molecule has 114 valence electrons. The summed E-state index contributed by atoms with van der Waals surface area (Å²) in [5, 5.41) is 8.74. The van der Waals surface area contributed by atoms with Gasteiger partial charge in [0, 0.05) is 18.7 Å². The van der Waals surface area contributed by atoms with Crippen LogP contribution in [0.2, 0.25) is 0 Å². The summed E-state index contributed by atoms with van der Waals surface area (Å²) in [5.74, 6) is 5.38. The molecule has 0 bridgehead atoms. The number of aliphatic hydroxyl groups excluding tert-OH is 1. The van der Waals surface area contributed by atoms with Gasteiger partial charge in [-0.1, -0.05) is 30.0 Å². The van der Waals surface area contributed by atoms with Crippen molar-refractivity contribution in [3.05, 3.63) is 35.4 Å². The topological polar surface area (TPSA) is 75.6 Å². The van der Waals surface area contributed by atoms with E-state index in [2.05, 4.69) is 16.6 Å². The van der Waals surface area contributed by atoms with Crippen LogP contribution in [-0.2, 0) is 21.3 Å². The van der Waals surface area contributed by atoms with Crippen molar-refractivity contribution in [1.29, 1.82) is 0 Å². The van der Waals surface area contributed by atoms with E-state index >= 15 is 0 Å². The van der Waals surface area contributed by atoms with E-state index in [1.807, 2.05) is 18.2 Å². The normalized spacial score (nSPS) is 18.2. The van der Waals surface area contributed by atoms with E-state index in [9.17, 15) is 8.42 Å². The highest BCUT2D eigenvalue weighted by molar-refractivity contribution is 7.89. The highest BCUT2D eigenvalue weighted by atomic mass is 32.2. The lowest BCUT2D eigenvalue weighted by Crippen LogP contribution is -2.31. The Morgan fingerprint density at radius 1 is 1.38 bits per heavy atom. The lowest BCUT2D eigenvalue weighted by Gasteiger charge is -2.12. The van der Waals surface area contributed by atoms with E-state index in [4.69, 9.17) is 9.84 Å². The quantitative estimate of drug-likeness (QED) is 0.782. The van der Waals surface area contributed by atoms with Crippen molar-refractivity contribution in [1.82, 2.24) is 4.72 Å². The Hall–Kier alpha value is -1.39. The van der Waals surface area contributed by atoms with Crippen molar-refractivity contribution >= 4 is 10.0 Å². The van der Waals surface area contributed by atoms with Gasteiger partial charge in [0.25, 0.3) is 0 Å². The van der Waals surface area contributed by atoms with Gasteiger partial charge in [-0.2, -0.15) is 0 Å². The van der Waals surface area contributed by atoms with E-state index in [-0.39, 0.29) is 25.0 Å². The van der Waals surface area contributed by atoms with Gasteiger partial charge in [0.15, 0.2) is 0 Å². The second-order valence-corrected chi connectivity index (χ2v) is 6.71. The Kier molecular flexibility index (Phi) is 5.76. The van der Waals surface area contributed by atoms with Crippen LogP contribution >= 0.6 is 0 Å². The van der Waals surface area contributed by atoms with Crippen molar-refractivity contribution in [2.24, 2.45) is 0 Å². The zero-order valence-electron chi connectivity index (χ0n) is 11.7. The highest BCUT2D eigenvalue weighted by Gasteiger charge is 2.23. The fourth-order valence-corrected chi connectivity index (χ4v) is 3.44. The molecule has 1 unspecified atom stereocenters. The van der Waals surface area contributed by atoms with Crippen LogP contribution in [0.4, 0.5) is 0 Å². The van der Waals surface area contributed by atoms with Crippen LogP contribution in [0.1, 0.15) is 24.0 Å². The molecule has 0 aliphatic carbocycles. The Morgan fingerprint density at radius 2 is 2.19 bits per heavy atom. The van der Waals surface area contributed by atoms with Gasteiger partial charge in [0.1, 0.15) is 6.61 Å². The summed E-state index contributed by atoms with van der Waals surface area (Å²) < 4.78 is 32.0. The number of ether oxygens (including phenoxy) is 1. The number of rotatable bonds is 5. The van der Waals surface area contributed by atoms with Gasteiger partial charge in [-0.3, -0.25) is 0 Å². The van der Waals surface area contributed by atoms with Crippen LogP contribution in [-0.4, -0.2) is 38.6 Å².